The summed E-state index contributed by atoms with van der Waals surface area (Å²) in [6.07, 6.45) is 8.80. The van der Waals surface area contributed by atoms with Crippen molar-refractivity contribution in [3.05, 3.63) is 71.8 Å². The third-order valence-electron chi connectivity index (χ3n) is 4.93. The number of benzene rings is 1. The highest BCUT2D eigenvalue weighted by molar-refractivity contribution is 7.89. The van der Waals surface area contributed by atoms with Crippen molar-refractivity contribution in [2.24, 2.45) is 5.92 Å². The molecule has 0 aromatic heterocycles. The van der Waals surface area contributed by atoms with Gasteiger partial charge in [0.2, 0.25) is 10.0 Å². The van der Waals surface area contributed by atoms with Gasteiger partial charge in [0.15, 0.2) is 0 Å². The van der Waals surface area contributed by atoms with Gasteiger partial charge in [0.25, 0.3) is 0 Å². The van der Waals surface area contributed by atoms with Gasteiger partial charge in [-0.3, -0.25) is 0 Å². The number of allylic oxidation sites excluding steroid dienone is 4. The summed E-state index contributed by atoms with van der Waals surface area (Å²) in [6.45, 7) is 5.12. The second kappa shape index (κ2) is 6.54. The van der Waals surface area contributed by atoms with Crippen LogP contribution < -0.4 is 0 Å². The Labute approximate surface area is 149 Å². The summed E-state index contributed by atoms with van der Waals surface area (Å²) in [5, 5.41) is -0.523. The Morgan fingerprint density at radius 3 is 2.48 bits per heavy atom. The van der Waals surface area contributed by atoms with Crippen LogP contribution in [0.4, 0.5) is 4.39 Å². The van der Waals surface area contributed by atoms with E-state index in [1.807, 2.05) is 48.6 Å². The van der Waals surface area contributed by atoms with Gasteiger partial charge in [0.05, 0.1) is 11.3 Å². The van der Waals surface area contributed by atoms with E-state index in [2.05, 4.69) is 0 Å². The first kappa shape index (κ1) is 18.1. The summed E-state index contributed by atoms with van der Waals surface area (Å²) in [5.41, 5.74) is 0.195. The number of hydrogen-bond acceptors (Lipinski definition) is 2. The van der Waals surface area contributed by atoms with Crippen molar-refractivity contribution in [1.29, 1.82) is 0 Å². The highest BCUT2D eigenvalue weighted by Gasteiger charge is 2.42. The van der Waals surface area contributed by atoms with Gasteiger partial charge in [-0.25, -0.2) is 12.8 Å². The van der Waals surface area contributed by atoms with Crippen molar-refractivity contribution < 1.29 is 12.8 Å². The predicted molar refractivity (Wildman–Crippen MR) is 99.3 cm³/mol. The molecular formula is C20H24FNO2S. The van der Waals surface area contributed by atoms with Gasteiger partial charge in [-0.05, 0) is 38.0 Å². The molecule has 0 fully saturated rings. The maximum Gasteiger partial charge on any atom is 0.217 e. The molecule has 1 aliphatic carbocycles. The zero-order valence-electron chi connectivity index (χ0n) is 14.8. The van der Waals surface area contributed by atoms with Crippen molar-refractivity contribution in [2.75, 3.05) is 6.54 Å². The predicted octanol–water partition coefficient (Wildman–Crippen LogP) is 4.18. The van der Waals surface area contributed by atoms with Crippen LogP contribution in [0.1, 0.15) is 32.4 Å². The van der Waals surface area contributed by atoms with Crippen LogP contribution in [0.5, 0.6) is 0 Å². The molecule has 5 heteroatoms. The number of hydrogen-bond donors (Lipinski definition) is 0. The molecule has 3 atom stereocenters. The third kappa shape index (κ3) is 3.35. The SMILES string of the molecule is CC(C)S(=O)(=O)N1CC(C2C=CC=CC2(C)F)=CC1c1ccccc1. The maximum atomic E-state index is 15.0. The Morgan fingerprint density at radius 1 is 1.20 bits per heavy atom. The van der Waals surface area contributed by atoms with Gasteiger partial charge < -0.3 is 0 Å². The first-order chi connectivity index (χ1) is 11.7. The first-order valence-corrected chi connectivity index (χ1v) is 10.0. The monoisotopic (exact) mass is 361 g/mol. The number of alkyl halides is 1. The van der Waals surface area contributed by atoms with Crippen LogP contribution in [0.25, 0.3) is 0 Å². The van der Waals surface area contributed by atoms with Crippen molar-refractivity contribution in [3.8, 4) is 0 Å². The van der Waals surface area contributed by atoms with Crippen LogP contribution in [0.2, 0.25) is 0 Å². The largest absolute Gasteiger partial charge is 0.239 e. The molecule has 3 rings (SSSR count). The number of nitrogens with zero attached hydrogens (tertiary/aromatic N) is 1. The fourth-order valence-electron chi connectivity index (χ4n) is 3.45. The minimum absolute atomic E-state index is 0.225. The molecule has 0 radical (unpaired) electrons. The average Bonchev–Trinajstić information content (AvgIpc) is 3.00. The second-order valence-electron chi connectivity index (χ2n) is 7.11. The summed E-state index contributed by atoms with van der Waals surface area (Å²) in [7, 11) is -3.47. The Morgan fingerprint density at radius 2 is 1.88 bits per heavy atom. The lowest BCUT2D eigenvalue weighted by Crippen LogP contribution is -2.38. The standard InChI is InChI=1S/C20H24FNO2S/c1-15(2)25(23,24)22-14-17(18-11-7-8-12-20(18,3)21)13-19(22)16-9-5-4-6-10-16/h4-13,15,18-19H,14H2,1-3H3. The quantitative estimate of drug-likeness (QED) is 0.755. The molecule has 0 N–H and O–H groups in total. The summed E-state index contributed by atoms with van der Waals surface area (Å²) in [4.78, 5) is 0. The molecule has 25 heavy (non-hydrogen) atoms. The molecule has 3 unspecified atom stereocenters. The molecule has 0 saturated heterocycles. The second-order valence-corrected chi connectivity index (χ2v) is 9.55. The maximum absolute atomic E-state index is 15.0. The van der Waals surface area contributed by atoms with Gasteiger partial charge in [-0.2, -0.15) is 4.31 Å². The molecule has 1 heterocycles. The molecule has 0 amide bonds. The van der Waals surface area contributed by atoms with Gasteiger partial charge >= 0.3 is 0 Å². The van der Waals surface area contributed by atoms with Crippen LogP contribution in [0.3, 0.4) is 0 Å². The number of rotatable bonds is 4. The van der Waals surface area contributed by atoms with E-state index < -0.39 is 32.9 Å². The normalized spacial score (nSPS) is 30.0. The van der Waals surface area contributed by atoms with Crippen LogP contribution in [0, 0.1) is 5.92 Å². The van der Waals surface area contributed by atoms with Gasteiger partial charge in [0.1, 0.15) is 5.67 Å². The summed E-state index contributed by atoms with van der Waals surface area (Å²) >= 11 is 0. The lowest BCUT2D eigenvalue weighted by molar-refractivity contribution is 0.207. The van der Waals surface area contributed by atoms with Crippen LogP contribution >= 0.6 is 0 Å². The van der Waals surface area contributed by atoms with E-state index in [0.29, 0.717) is 0 Å². The van der Waals surface area contributed by atoms with E-state index in [0.717, 1.165) is 11.1 Å². The fraction of sp³-hybridized carbons (Fsp3) is 0.400. The zero-order valence-corrected chi connectivity index (χ0v) is 15.6. The molecule has 2 aliphatic rings. The summed E-state index contributed by atoms with van der Waals surface area (Å²) < 4.78 is 42.2. The van der Waals surface area contributed by atoms with Crippen molar-refractivity contribution >= 4 is 10.0 Å². The molecular weight excluding hydrogens is 337 g/mol. The lowest BCUT2D eigenvalue weighted by atomic mass is 9.81. The molecule has 1 aromatic rings. The van der Waals surface area contributed by atoms with E-state index in [4.69, 9.17) is 0 Å². The Balaban J connectivity index is 2.03. The zero-order chi connectivity index (χ0) is 18.2. The summed E-state index contributed by atoms with van der Waals surface area (Å²) in [5.74, 6) is -0.448. The number of sulfonamides is 1. The highest BCUT2D eigenvalue weighted by atomic mass is 32.2. The Kier molecular flexibility index (Phi) is 4.73. The molecule has 134 valence electrons. The van der Waals surface area contributed by atoms with E-state index in [9.17, 15) is 12.8 Å². The van der Waals surface area contributed by atoms with Crippen molar-refractivity contribution in [2.45, 2.75) is 37.7 Å². The molecule has 0 spiro atoms. The Hall–Kier alpha value is -1.72. The third-order valence-corrected chi connectivity index (χ3v) is 7.13. The van der Waals surface area contributed by atoms with Crippen molar-refractivity contribution in [1.82, 2.24) is 4.31 Å². The van der Waals surface area contributed by atoms with E-state index >= 15 is 0 Å². The average molecular weight is 361 g/mol. The van der Waals surface area contributed by atoms with Crippen molar-refractivity contribution in [3.63, 3.8) is 0 Å². The minimum Gasteiger partial charge on any atom is -0.239 e. The van der Waals surface area contributed by atoms with E-state index in [-0.39, 0.29) is 6.54 Å². The fourth-order valence-corrected chi connectivity index (χ4v) is 4.82. The molecule has 1 aliphatic heterocycles. The van der Waals surface area contributed by atoms with Crippen LogP contribution in [0.15, 0.2) is 66.3 Å². The first-order valence-electron chi connectivity index (χ1n) is 8.54. The molecule has 0 saturated carbocycles. The van der Waals surface area contributed by atoms with E-state index in [1.165, 1.54) is 17.3 Å². The topological polar surface area (TPSA) is 37.4 Å². The minimum atomic E-state index is -3.47. The van der Waals surface area contributed by atoms with E-state index in [1.54, 1.807) is 19.9 Å². The van der Waals surface area contributed by atoms with Gasteiger partial charge in [-0.15, -0.1) is 0 Å². The van der Waals surface area contributed by atoms with Crippen LogP contribution in [-0.4, -0.2) is 30.2 Å². The van der Waals surface area contributed by atoms with Gasteiger partial charge in [-0.1, -0.05) is 54.6 Å². The molecule has 1 aromatic carbocycles. The number of halogens is 1. The smallest absolute Gasteiger partial charge is 0.217 e. The Bertz CT molecular complexity index is 823. The molecule has 3 nitrogen and oxygen atoms in total. The molecule has 0 bridgehead atoms. The van der Waals surface area contributed by atoms with Gasteiger partial charge in [0, 0.05) is 12.5 Å². The summed E-state index contributed by atoms with van der Waals surface area (Å²) in [6, 6.07) is 9.13. The lowest BCUT2D eigenvalue weighted by Gasteiger charge is -2.30. The highest BCUT2D eigenvalue weighted by Crippen LogP contribution is 2.42. The van der Waals surface area contributed by atoms with Crippen LogP contribution in [-0.2, 0) is 10.0 Å².